The van der Waals surface area contributed by atoms with Crippen molar-refractivity contribution >= 4 is 23.8 Å². The average Bonchev–Trinajstić information content (AvgIpc) is 3.57. The van der Waals surface area contributed by atoms with Gasteiger partial charge in [0.15, 0.2) is 6.61 Å². The molecule has 5 rings (SSSR count). The molecule has 10 heteroatoms. The van der Waals surface area contributed by atoms with Crippen molar-refractivity contribution < 1.29 is 37.7 Å². The second kappa shape index (κ2) is 9.99. The number of carbonyl (C=O) groups is 3. The molecule has 37 heavy (non-hydrogen) atoms. The number of aliphatic carboxylic acids is 1. The molecule has 0 aromatic heterocycles. The van der Waals surface area contributed by atoms with Gasteiger partial charge in [-0.2, -0.15) is 0 Å². The summed E-state index contributed by atoms with van der Waals surface area (Å²) in [5.74, 6) is -2.84. The summed E-state index contributed by atoms with van der Waals surface area (Å²) in [5.41, 5.74) is 2.34. The second-order valence-corrected chi connectivity index (χ2v) is 9.92. The Balaban J connectivity index is 1.47. The molecular formula is C27H28F2N2O6. The minimum absolute atomic E-state index is 0.0540. The van der Waals surface area contributed by atoms with Gasteiger partial charge in [-0.25, -0.2) is 23.2 Å². The Morgan fingerprint density at radius 1 is 1.05 bits per heavy atom. The van der Waals surface area contributed by atoms with Crippen LogP contribution in [-0.2, 0) is 20.9 Å². The third kappa shape index (κ3) is 4.97. The summed E-state index contributed by atoms with van der Waals surface area (Å²) in [6.07, 6.45) is 2.56. The topological polar surface area (TPSA) is 96.4 Å². The third-order valence-electron chi connectivity index (χ3n) is 7.37. The number of carboxylic acids is 1. The Kier molecular flexibility index (Phi) is 6.74. The van der Waals surface area contributed by atoms with E-state index in [1.165, 1.54) is 6.07 Å². The van der Waals surface area contributed by atoms with Crippen LogP contribution in [0.25, 0.3) is 0 Å². The number of hydrogen-bond acceptors (Lipinski definition) is 5. The first-order valence-corrected chi connectivity index (χ1v) is 12.4. The van der Waals surface area contributed by atoms with E-state index in [0.717, 1.165) is 48.9 Å². The highest BCUT2D eigenvalue weighted by molar-refractivity contribution is 5.91. The summed E-state index contributed by atoms with van der Waals surface area (Å²) in [7, 11) is 0. The fourth-order valence-corrected chi connectivity index (χ4v) is 5.66. The van der Waals surface area contributed by atoms with E-state index in [1.54, 1.807) is 9.80 Å². The molecule has 2 fully saturated rings. The number of fused-ring (bicyclic) bond motifs is 2. The van der Waals surface area contributed by atoms with E-state index in [-0.39, 0.29) is 36.2 Å². The quantitative estimate of drug-likeness (QED) is 0.560. The highest BCUT2D eigenvalue weighted by atomic mass is 19.1. The number of nitrogens with zero attached hydrogens (tertiary/aromatic N) is 2. The number of hydrogen-bond donors (Lipinski definition) is 1. The van der Waals surface area contributed by atoms with Gasteiger partial charge >= 0.3 is 18.2 Å². The first-order valence-electron chi connectivity index (χ1n) is 12.4. The molecule has 0 saturated heterocycles. The molecule has 1 heterocycles. The minimum atomic E-state index is -1.23. The van der Waals surface area contributed by atoms with Crippen molar-refractivity contribution in [1.29, 1.82) is 0 Å². The summed E-state index contributed by atoms with van der Waals surface area (Å²) in [4.78, 5) is 40.8. The molecule has 2 aromatic carbocycles. The average molecular weight is 515 g/mol. The lowest BCUT2D eigenvalue weighted by Crippen LogP contribution is -2.53. The van der Waals surface area contributed by atoms with E-state index >= 15 is 0 Å². The van der Waals surface area contributed by atoms with Crippen LogP contribution in [0, 0.1) is 24.5 Å². The van der Waals surface area contributed by atoms with Crippen LogP contribution in [0.3, 0.4) is 0 Å². The van der Waals surface area contributed by atoms with Crippen LogP contribution in [-0.4, -0.2) is 46.9 Å². The summed E-state index contributed by atoms with van der Waals surface area (Å²) < 4.78 is 38.0. The van der Waals surface area contributed by atoms with Crippen LogP contribution in [0.5, 0.6) is 0 Å². The normalized spacial score (nSPS) is 22.1. The van der Waals surface area contributed by atoms with Gasteiger partial charge in [0, 0.05) is 29.6 Å². The van der Waals surface area contributed by atoms with Gasteiger partial charge in [-0.1, -0.05) is 18.6 Å². The maximum atomic E-state index is 14.1. The van der Waals surface area contributed by atoms with Gasteiger partial charge < -0.3 is 14.6 Å². The Bertz CT molecular complexity index is 1230. The van der Waals surface area contributed by atoms with Crippen molar-refractivity contribution in [3.8, 4) is 0 Å². The zero-order valence-electron chi connectivity index (χ0n) is 20.4. The molecular weight excluding hydrogens is 486 g/mol. The molecule has 0 spiro atoms. The number of carbonyl (C=O) groups excluding carboxylic acids is 2. The number of anilines is 1. The third-order valence-corrected chi connectivity index (χ3v) is 7.37. The van der Waals surface area contributed by atoms with Crippen molar-refractivity contribution in [3.05, 3.63) is 64.7 Å². The van der Waals surface area contributed by atoms with E-state index in [0.29, 0.717) is 12.1 Å². The van der Waals surface area contributed by atoms with Crippen LogP contribution in [0.1, 0.15) is 54.8 Å². The van der Waals surface area contributed by atoms with Crippen LogP contribution in [0.4, 0.5) is 24.1 Å². The predicted octanol–water partition coefficient (Wildman–Crippen LogP) is 5.33. The molecule has 8 nitrogen and oxygen atoms in total. The highest BCUT2D eigenvalue weighted by Crippen LogP contribution is 2.53. The summed E-state index contributed by atoms with van der Waals surface area (Å²) in [6, 6.07) is 8.07. The van der Waals surface area contributed by atoms with Crippen LogP contribution in [0.2, 0.25) is 0 Å². The highest BCUT2D eigenvalue weighted by Gasteiger charge is 2.52. The predicted molar refractivity (Wildman–Crippen MR) is 128 cm³/mol. The van der Waals surface area contributed by atoms with Gasteiger partial charge in [-0.15, -0.1) is 0 Å². The maximum absolute atomic E-state index is 14.1. The number of benzene rings is 2. The zero-order chi connectivity index (χ0) is 26.3. The van der Waals surface area contributed by atoms with Crippen molar-refractivity contribution in [1.82, 2.24) is 4.90 Å². The van der Waals surface area contributed by atoms with E-state index in [9.17, 15) is 23.2 Å². The molecule has 0 bridgehead atoms. The van der Waals surface area contributed by atoms with Gasteiger partial charge in [0.25, 0.3) is 0 Å². The number of amides is 2. The Labute approximate surface area is 212 Å². The van der Waals surface area contributed by atoms with Crippen molar-refractivity contribution in [2.24, 2.45) is 5.92 Å². The van der Waals surface area contributed by atoms with E-state index in [1.807, 2.05) is 25.1 Å². The van der Waals surface area contributed by atoms with E-state index < -0.39 is 36.4 Å². The number of ether oxygens (including phenoxy) is 2. The Morgan fingerprint density at radius 2 is 1.84 bits per heavy atom. The molecule has 2 aromatic rings. The summed E-state index contributed by atoms with van der Waals surface area (Å²) >= 11 is 0. The second-order valence-electron chi connectivity index (χ2n) is 9.92. The standard InChI is InChI=1S/C27H28F2N2O6/c1-15-5-10-20-23(11-15)31(27(35)36-13-16-6-7-17(28)12-21(16)29)22-4-2-3-19(22)25(20)30(18-8-9-18)26(34)37-14-24(32)33/h5-7,10-12,18-19,22,25H,2-4,8-9,13-14H2,1H3,(H,32,33). The van der Waals surface area contributed by atoms with Gasteiger partial charge in [-0.3, -0.25) is 9.80 Å². The maximum Gasteiger partial charge on any atom is 0.414 e. The van der Waals surface area contributed by atoms with Crippen LogP contribution in [0.15, 0.2) is 36.4 Å². The van der Waals surface area contributed by atoms with Gasteiger partial charge in [-0.05, 0) is 61.9 Å². The van der Waals surface area contributed by atoms with Gasteiger partial charge in [0.2, 0.25) is 0 Å². The lowest BCUT2D eigenvalue weighted by Gasteiger charge is -2.46. The smallest absolute Gasteiger partial charge is 0.414 e. The largest absolute Gasteiger partial charge is 0.479 e. The number of rotatable bonds is 6. The molecule has 3 aliphatic rings. The molecule has 1 N–H and O–H groups in total. The monoisotopic (exact) mass is 514 g/mol. The first kappa shape index (κ1) is 25.0. The summed E-state index contributed by atoms with van der Waals surface area (Å²) in [6.45, 7) is 0.828. The molecule has 2 amide bonds. The zero-order valence-corrected chi connectivity index (χ0v) is 20.4. The molecule has 3 unspecified atom stereocenters. The molecule has 0 radical (unpaired) electrons. The van der Waals surface area contributed by atoms with Crippen molar-refractivity contribution in [2.75, 3.05) is 11.5 Å². The lowest BCUT2D eigenvalue weighted by molar-refractivity contribution is -0.140. The number of halogens is 2. The fraction of sp³-hybridized carbons (Fsp3) is 0.444. The molecule has 2 aliphatic carbocycles. The molecule has 196 valence electrons. The molecule has 1 aliphatic heterocycles. The molecule has 3 atom stereocenters. The van der Waals surface area contributed by atoms with E-state index in [4.69, 9.17) is 14.6 Å². The van der Waals surface area contributed by atoms with Gasteiger partial charge in [0.05, 0.1) is 11.7 Å². The minimum Gasteiger partial charge on any atom is -0.479 e. The lowest BCUT2D eigenvalue weighted by atomic mass is 9.81. The van der Waals surface area contributed by atoms with E-state index in [2.05, 4.69) is 0 Å². The van der Waals surface area contributed by atoms with Crippen molar-refractivity contribution in [3.63, 3.8) is 0 Å². The number of aryl methyl sites for hydroxylation is 1. The Hall–Kier alpha value is -3.69. The first-order chi connectivity index (χ1) is 17.7. The fourth-order valence-electron chi connectivity index (χ4n) is 5.66. The van der Waals surface area contributed by atoms with Crippen LogP contribution >= 0.6 is 0 Å². The van der Waals surface area contributed by atoms with Crippen molar-refractivity contribution in [2.45, 2.75) is 63.8 Å². The molecule has 2 saturated carbocycles. The summed E-state index contributed by atoms with van der Waals surface area (Å²) in [5, 5.41) is 9.01. The van der Waals surface area contributed by atoms with Crippen LogP contribution < -0.4 is 4.90 Å². The van der Waals surface area contributed by atoms with Gasteiger partial charge in [0.1, 0.15) is 18.2 Å². The SMILES string of the molecule is Cc1ccc2c(c1)N(C(=O)OCc1ccc(F)cc1F)C1CCCC1C2N(C(=O)OCC(=O)O)C1CC1. The Morgan fingerprint density at radius 3 is 2.54 bits per heavy atom. The number of carboxylic acid groups (broad SMARTS) is 1.